The van der Waals surface area contributed by atoms with E-state index in [-0.39, 0.29) is 5.91 Å². The third-order valence-corrected chi connectivity index (χ3v) is 3.18. The molecule has 108 valence electrons. The van der Waals surface area contributed by atoms with Crippen LogP contribution < -0.4 is 10.3 Å². The highest BCUT2D eigenvalue weighted by Gasteiger charge is 2.06. The van der Waals surface area contributed by atoms with E-state index in [2.05, 4.69) is 10.5 Å². The molecule has 1 amide bonds. The Balaban J connectivity index is 1.99. The lowest BCUT2D eigenvalue weighted by molar-refractivity contribution is 0.0954. The van der Waals surface area contributed by atoms with Gasteiger partial charge in [-0.05, 0) is 36.2 Å². The number of carbonyl (C=O) groups is 1. The number of carbonyl (C=O) groups excluding carboxylic acids is 1. The van der Waals surface area contributed by atoms with Crippen molar-refractivity contribution in [2.45, 2.75) is 6.92 Å². The molecule has 2 aromatic carbocycles. The van der Waals surface area contributed by atoms with Gasteiger partial charge >= 0.3 is 0 Å². The number of nitrogens with one attached hydrogen (secondary N) is 1. The van der Waals surface area contributed by atoms with Crippen molar-refractivity contribution in [3.05, 3.63) is 65.2 Å². The van der Waals surface area contributed by atoms with Crippen LogP contribution in [0.25, 0.3) is 0 Å². The molecule has 2 aromatic rings. The molecule has 4 nitrogen and oxygen atoms in total. The van der Waals surface area contributed by atoms with Crippen molar-refractivity contribution >= 4 is 17.8 Å². The number of aryl methyl sites for hydroxylation is 1. The van der Waals surface area contributed by atoms with Gasteiger partial charge in [-0.15, -0.1) is 0 Å². The minimum atomic E-state index is -0.200. The summed E-state index contributed by atoms with van der Waals surface area (Å²) in [5, 5.41) is 4.00. The van der Waals surface area contributed by atoms with Crippen LogP contribution in [0.1, 0.15) is 21.5 Å². The van der Waals surface area contributed by atoms with E-state index in [1.165, 1.54) is 0 Å². The summed E-state index contributed by atoms with van der Waals surface area (Å²) in [7, 11) is 3.98. The van der Waals surface area contributed by atoms with Crippen LogP contribution in [0, 0.1) is 6.92 Å². The van der Waals surface area contributed by atoms with Gasteiger partial charge in [0.05, 0.1) is 6.21 Å². The zero-order chi connectivity index (χ0) is 15.2. The summed E-state index contributed by atoms with van der Waals surface area (Å²) >= 11 is 0. The standard InChI is InChI=1S/C17H19N3O/c1-13-6-4-5-7-16(13)17(21)19-18-12-14-8-10-15(11-9-14)20(2)3/h4-12H,1-3H3,(H,19,21)/b18-12-. The van der Waals surface area contributed by atoms with Gasteiger partial charge in [0.1, 0.15) is 0 Å². The van der Waals surface area contributed by atoms with E-state index in [9.17, 15) is 4.79 Å². The first-order valence-corrected chi connectivity index (χ1v) is 6.74. The van der Waals surface area contributed by atoms with E-state index < -0.39 is 0 Å². The fraction of sp³-hybridized carbons (Fsp3) is 0.176. The molecule has 0 saturated carbocycles. The molecule has 0 radical (unpaired) electrons. The lowest BCUT2D eigenvalue weighted by Gasteiger charge is -2.11. The second kappa shape index (κ2) is 6.70. The van der Waals surface area contributed by atoms with E-state index in [0.717, 1.165) is 16.8 Å². The smallest absolute Gasteiger partial charge is 0.271 e. The number of hydrazone groups is 1. The molecule has 0 atom stereocenters. The van der Waals surface area contributed by atoms with Crippen molar-refractivity contribution in [2.75, 3.05) is 19.0 Å². The molecule has 0 saturated heterocycles. The van der Waals surface area contributed by atoms with Gasteiger partial charge in [0.15, 0.2) is 0 Å². The van der Waals surface area contributed by atoms with Gasteiger partial charge in [-0.2, -0.15) is 5.10 Å². The summed E-state index contributed by atoms with van der Waals surface area (Å²) in [5.74, 6) is -0.200. The van der Waals surface area contributed by atoms with Crippen LogP contribution in [0.2, 0.25) is 0 Å². The predicted molar refractivity (Wildman–Crippen MR) is 87.0 cm³/mol. The zero-order valence-corrected chi connectivity index (χ0v) is 12.5. The van der Waals surface area contributed by atoms with Gasteiger partial charge in [0.25, 0.3) is 5.91 Å². The van der Waals surface area contributed by atoms with Crippen LogP contribution in [0.5, 0.6) is 0 Å². The molecule has 0 unspecified atom stereocenters. The molecule has 4 heteroatoms. The Morgan fingerprint density at radius 3 is 2.38 bits per heavy atom. The highest BCUT2D eigenvalue weighted by molar-refractivity contribution is 5.96. The number of rotatable bonds is 4. The zero-order valence-electron chi connectivity index (χ0n) is 12.5. The maximum Gasteiger partial charge on any atom is 0.271 e. The molecule has 21 heavy (non-hydrogen) atoms. The Hall–Kier alpha value is -2.62. The van der Waals surface area contributed by atoms with Crippen LogP contribution in [-0.4, -0.2) is 26.2 Å². The van der Waals surface area contributed by atoms with E-state index in [4.69, 9.17) is 0 Å². The van der Waals surface area contributed by atoms with E-state index >= 15 is 0 Å². The van der Waals surface area contributed by atoms with Crippen LogP contribution >= 0.6 is 0 Å². The van der Waals surface area contributed by atoms with Gasteiger partial charge in [0, 0.05) is 25.3 Å². The normalized spacial score (nSPS) is 10.6. The minimum Gasteiger partial charge on any atom is -0.378 e. The summed E-state index contributed by atoms with van der Waals surface area (Å²) in [5.41, 5.74) is 6.17. The lowest BCUT2D eigenvalue weighted by atomic mass is 10.1. The Kier molecular flexibility index (Phi) is 4.72. The van der Waals surface area contributed by atoms with E-state index in [1.807, 2.05) is 68.4 Å². The average molecular weight is 281 g/mol. The first-order chi connectivity index (χ1) is 10.1. The van der Waals surface area contributed by atoms with E-state index in [0.29, 0.717) is 5.56 Å². The van der Waals surface area contributed by atoms with Crippen LogP contribution in [0.15, 0.2) is 53.6 Å². The summed E-state index contributed by atoms with van der Waals surface area (Å²) in [6.07, 6.45) is 1.63. The molecule has 0 heterocycles. The number of hydrogen-bond donors (Lipinski definition) is 1. The van der Waals surface area contributed by atoms with Crippen molar-refractivity contribution < 1.29 is 4.79 Å². The van der Waals surface area contributed by atoms with Crippen molar-refractivity contribution in [2.24, 2.45) is 5.10 Å². The fourth-order valence-corrected chi connectivity index (χ4v) is 1.91. The third-order valence-electron chi connectivity index (χ3n) is 3.18. The maximum absolute atomic E-state index is 12.0. The molecular formula is C17H19N3O. The number of nitrogens with zero attached hydrogens (tertiary/aromatic N) is 2. The summed E-state index contributed by atoms with van der Waals surface area (Å²) < 4.78 is 0. The molecule has 0 bridgehead atoms. The molecule has 1 N–H and O–H groups in total. The van der Waals surface area contributed by atoms with Crippen LogP contribution in [-0.2, 0) is 0 Å². The quantitative estimate of drug-likeness (QED) is 0.692. The monoisotopic (exact) mass is 281 g/mol. The van der Waals surface area contributed by atoms with Crippen molar-refractivity contribution in [1.82, 2.24) is 5.43 Å². The number of benzene rings is 2. The first-order valence-electron chi connectivity index (χ1n) is 6.74. The van der Waals surface area contributed by atoms with Crippen molar-refractivity contribution in [1.29, 1.82) is 0 Å². The number of anilines is 1. The minimum absolute atomic E-state index is 0.200. The maximum atomic E-state index is 12.0. The Bertz CT molecular complexity index is 645. The van der Waals surface area contributed by atoms with Gasteiger partial charge < -0.3 is 4.90 Å². The van der Waals surface area contributed by atoms with E-state index in [1.54, 1.807) is 12.3 Å². The number of amides is 1. The summed E-state index contributed by atoms with van der Waals surface area (Å²) in [6, 6.07) is 15.4. The molecule has 0 fully saturated rings. The topological polar surface area (TPSA) is 44.7 Å². The van der Waals surface area contributed by atoms with Crippen molar-refractivity contribution in [3.63, 3.8) is 0 Å². The van der Waals surface area contributed by atoms with Crippen LogP contribution in [0.3, 0.4) is 0 Å². The molecule has 0 aliphatic carbocycles. The molecule has 0 aliphatic rings. The molecule has 0 spiro atoms. The second-order valence-electron chi connectivity index (χ2n) is 5.00. The van der Waals surface area contributed by atoms with Crippen molar-refractivity contribution in [3.8, 4) is 0 Å². The molecule has 0 aromatic heterocycles. The largest absolute Gasteiger partial charge is 0.378 e. The molecule has 0 aliphatic heterocycles. The first kappa shape index (κ1) is 14.8. The predicted octanol–water partition coefficient (Wildman–Crippen LogP) is 2.82. The van der Waals surface area contributed by atoms with Gasteiger partial charge in [-0.25, -0.2) is 5.43 Å². The highest BCUT2D eigenvalue weighted by Crippen LogP contribution is 2.11. The SMILES string of the molecule is Cc1ccccc1C(=O)N/N=C\c1ccc(N(C)C)cc1. The Morgan fingerprint density at radius 1 is 1.10 bits per heavy atom. The summed E-state index contributed by atoms with van der Waals surface area (Å²) in [4.78, 5) is 14.0. The third kappa shape index (κ3) is 3.92. The Morgan fingerprint density at radius 2 is 1.76 bits per heavy atom. The lowest BCUT2D eigenvalue weighted by Crippen LogP contribution is -2.18. The Labute approximate surface area is 125 Å². The average Bonchev–Trinajstić information content (AvgIpc) is 2.48. The molecular weight excluding hydrogens is 262 g/mol. The second-order valence-corrected chi connectivity index (χ2v) is 5.00. The van der Waals surface area contributed by atoms with Gasteiger partial charge in [0.2, 0.25) is 0 Å². The summed E-state index contributed by atoms with van der Waals surface area (Å²) in [6.45, 7) is 1.90. The van der Waals surface area contributed by atoms with Gasteiger partial charge in [-0.3, -0.25) is 4.79 Å². The fourth-order valence-electron chi connectivity index (χ4n) is 1.91. The highest BCUT2D eigenvalue weighted by atomic mass is 16.2. The van der Waals surface area contributed by atoms with Gasteiger partial charge in [-0.1, -0.05) is 30.3 Å². The number of hydrogen-bond acceptors (Lipinski definition) is 3. The molecule has 2 rings (SSSR count). The van der Waals surface area contributed by atoms with Crippen LogP contribution in [0.4, 0.5) is 5.69 Å².